The Balaban J connectivity index is 0.000000237. The van der Waals surface area contributed by atoms with E-state index in [4.69, 9.17) is 92.7 Å². The summed E-state index contributed by atoms with van der Waals surface area (Å²) in [4.78, 5) is 44.8. The SMILES string of the molecule is [2H]C([2H])([2H])C([2H])(C)C([2H])([2H])C1CN2CCc3cc(OC)c(OC)cc3C2CC1OC(=O)[C@@H](N)C(C)C.[2H]C([2H])([2H])Oc1cc2c(cc1OC)C1CC(OC(=O)[C@@H](N)C(C)C)C(C([2H])([2H])C([2H])(C)C([2H])([2H])[2H])CN1CC2.[2H]C([2H])([2H])Oc1cc2c(cc1OC)C1CC(OC(=O)[C@@H](N)C(C)C)C(C([2H])([2H])C([2H])(C)C([2H])([2H])[2H])CN1CC2. The van der Waals surface area contributed by atoms with Crippen LogP contribution in [0.15, 0.2) is 36.4 Å². The van der Waals surface area contributed by atoms with Gasteiger partial charge in [0.05, 0.1) is 50.7 Å². The van der Waals surface area contributed by atoms with Crippen LogP contribution in [0.25, 0.3) is 0 Å². The number of carbonyl (C=O) groups is 3. The second-order valence-corrected chi connectivity index (χ2v) is 25.4. The van der Waals surface area contributed by atoms with Crippen molar-refractivity contribution in [2.45, 2.75) is 195 Å². The summed E-state index contributed by atoms with van der Waals surface area (Å²) in [5.41, 5.74) is 23.3. The molecular formula is C72H114N6O12. The number of ether oxygens (including phenoxy) is 9. The van der Waals surface area contributed by atoms with Crippen molar-refractivity contribution in [3.8, 4) is 34.5 Å². The lowest BCUT2D eigenvalue weighted by atomic mass is 9.79. The van der Waals surface area contributed by atoms with Crippen molar-refractivity contribution in [1.29, 1.82) is 0 Å². The molecule has 3 fully saturated rings. The highest BCUT2D eigenvalue weighted by Crippen LogP contribution is 2.48. The zero-order chi connectivity index (χ0) is 86.6. The van der Waals surface area contributed by atoms with Gasteiger partial charge in [-0.3, -0.25) is 29.1 Å². The normalized spacial score (nSPS) is 32.0. The lowest BCUT2D eigenvalue weighted by molar-refractivity contribution is -0.161. The Morgan fingerprint density at radius 1 is 0.456 bits per heavy atom. The summed E-state index contributed by atoms with van der Waals surface area (Å²) in [6.07, 6.45) is -8.59. The Morgan fingerprint density at radius 3 is 0.944 bits per heavy atom. The van der Waals surface area contributed by atoms with Gasteiger partial charge in [-0.05, 0) is 144 Å². The molecule has 12 unspecified atom stereocenters. The van der Waals surface area contributed by atoms with Crippen LogP contribution < -0.4 is 45.6 Å². The second kappa shape index (κ2) is 32.5. The fraction of sp³-hybridized carbons (Fsp3) is 0.708. The van der Waals surface area contributed by atoms with Gasteiger partial charge in [0.15, 0.2) is 34.5 Å². The first-order valence-corrected chi connectivity index (χ1v) is 31.1. The van der Waals surface area contributed by atoms with E-state index >= 15 is 0 Å². The zero-order valence-electron chi connectivity index (χ0n) is 78.6. The Morgan fingerprint density at radius 2 is 0.711 bits per heavy atom. The van der Waals surface area contributed by atoms with E-state index in [9.17, 15) is 14.4 Å². The molecule has 0 radical (unpaired) electrons. The molecular weight excluding hydrogens is 1140 g/mol. The second-order valence-electron chi connectivity index (χ2n) is 25.4. The average molecular weight is 1280 g/mol. The van der Waals surface area contributed by atoms with Crippen molar-refractivity contribution < 1.29 is 89.9 Å². The molecule has 18 nitrogen and oxygen atoms in total. The van der Waals surface area contributed by atoms with Crippen LogP contribution in [0.1, 0.15) is 206 Å². The number of hydrogen-bond acceptors (Lipinski definition) is 18. The molecule has 90 heavy (non-hydrogen) atoms. The fourth-order valence-corrected chi connectivity index (χ4v) is 13.0. The maximum Gasteiger partial charge on any atom is 0.323 e. The van der Waals surface area contributed by atoms with Gasteiger partial charge in [0.2, 0.25) is 0 Å². The lowest BCUT2D eigenvalue weighted by Crippen LogP contribution is -2.51. The van der Waals surface area contributed by atoms with Crippen molar-refractivity contribution in [3.63, 3.8) is 0 Å². The molecule has 0 saturated carbocycles. The maximum atomic E-state index is 12.9. The summed E-state index contributed by atoms with van der Waals surface area (Å²) in [6, 6.07) is 6.66. The molecule has 6 heterocycles. The molecule has 9 rings (SSSR count). The molecule has 0 bridgehead atoms. The first-order valence-electron chi connectivity index (χ1n) is 43.1. The third kappa shape index (κ3) is 17.5. The highest BCUT2D eigenvalue weighted by molar-refractivity contribution is 5.77. The van der Waals surface area contributed by atoms with Gasteiger partial charge in [0.25, 0.3) is 0 Å². The molecule has 6 aliphatic heterocycles. The predicted molar refractivity (Wildman–Crippen MR) is 353 cm³/mol. The molecule has 15 atom stereocenters. The first kappa shape index (κ1) is 45.0. The Labute approximate surface area is 573 Å². The van der Waals surface area contributed by atoms with Crippen molar-refractivity contribution in [2.75, 3.05) is 81.8 Å². The van der Waals surface area contributed by atoms with Gasteiger partial charge in [-0.25, -0.2) is 0 Å². The molecule has 0 amide bonds. The van der Waals surface area contributed by atoms with E-state index in [1.165, 1.54) is 14.2 Å². The van der Waals surface area contributed by atoms with E-state index in [0.717, 1.165) is 54.2 Å². The van der Waals surface area contributed by atoms with E-state index in [-0.39, 0.29) is 97.8 Å². The van der Waals surface area contributed by atoms with Gasteiger partial charge in [-0.2, -0.15) is 0 Å². The zero-order valence-corrected chi connectivity index (χ0v) is 54.6. The number of esters is 3. The largest absolute Gasteiger partial charge is 0.493 e. The van der Waals surface area contributed by atoms with Crippen molar-refractivity contribution in [3.05, 3.63) is 69.8 Å². The Hall–Kier alpha value is -5.37. The third-order valence-electron chi connectivity index (χ3n) is 18.1. The first-order chi connectivity index (χ1) is 52.0. The standard InChI is InChI=1S/3C24H38N2O4/c3*1-14(2)9-17-13-26-8-7-16-10-21(28-5)22(29-6)11-18(16)19(26)12-20(17)30-24(27)23(25)15(3)4/h3*10-11,14-15,17,19-20,23H,7-9,12-13,25H2,1-6H3/t3*17?,19?,20?,23-/m000/s1/i2*1D3,5D3,9D2,14D;1D3,9D2,14D/t3*14?,17?,19?,20?,23-. The smallest absolute Gasteiger partial charge is 0.323 e. The predicted octanol–water partition coefficient (Wildman–Crippen LogP) is 10.7. The molecule has 18 heteroatoms. The minimum atomic E-state index is -2.93. The number of piperidine rings is 3. The average Bonchev–Trinajstić information content (AvgIpc) is 0.739. The van der Waals surface area contributed by atoms with Crippen molar-refractivity contribution in [2.24, 2.45) is 70.4 Å². The van der Waals surface area contributed by atoms with Crippen molar-refractivity contribution in [1.82, 2.24) is 14.7 Å². The van der Waals surface area contributed by atoms with Crippen LogP contribution in [0, 0.1) is 53.2 Å². The monoisotopic (exact) mass is 1280 g/mol. The van der Waals surface area contributed by atoms with E-state index in [1.54, 1.807) is 80.0 Å². The summed E-state index contributed by atoms with van der Waals surface area (Å²) in [6.45, 7) is 6.75. The highest BCUT2D eigenvalue weighted by atomic mass is 16.6. The van der Waals surface area contributed by atoms with Crippen LogP contribution >= 0.6 is 0 Å². The Kier molecular flexibility index (Phi) is 16.2. The van der Waals surface area contributed by atoms with Gasteiger partial charge < -0.3 is 59.8 Å². The molecule has 3 saturated heterocycles. The molecule has 6 aliphatic rings. The van der Waals surface area contributed by atoms with E-state index < -0.39 is 144 Å². The van der Waals surface area contributed by atoms with Gasteiger partial charge in [0.1, 0.15) is 36.4 Å². The van der Waals surface area contributed by atoms with Gasteiger partial charge in [-0.15, -0.1) is 0 Å². The molecule has 3 aromatic rings. The number of methoxy groups -OCH3 is 6. The number of benzene rings is 3. The Bertz CT molecular complexity index is 3690. The summed E-state index contributed by atoms with van der Waals surface area (Å²) in [5, 5.41) is 0. The van der Waals surface area contributed by atoms with Crippen LogP contribution in [-0.2, 0) is 47.9 Å². The maximum absolute atomic E-state index is 12.9. The minimum Gasteiger partial charge on any atom is -0.493 e. The van der Waals surface area contributed by atoms with E-state index in [2.05, 4.69) is 4.90 Å². The lowest BCUT2D eigenvalue weighted by Gasteiger charge is -2.47. The summed E-state index contributed by atoms with van der Waals surface area (Å²) < 4.78 is 244. The number of hydrogen-bond donors (Lipinski definition) is 3. The number of carbonyl (C=O) groups excluding carboxylic acids is 3. The number of fused-ring (bicyclic) bond motifs is 9. The minimum absolute atomic E-state index is 0.0341. The van der Waals surface area contributed by atoms with Crippen LogP contribution in [0.3, 0.4) is 0 Å². The van der Waals surface area contributed by atoms with Crippen LogP contribution in [0.2, 0.25) is 0 Å². The molecule has 0 aromatic heterocycles. The summed E-state index contributed by atoms with van der Waals surface area (Å²) in [7, 11) is 0.558. The topological polar surface area (TPSA) is 222 Å². The number of nitrogens with zero attached hydrogens (tertiary/aromatic N) is 3. The van der Waals surface area contributed by atoms with Crippen LogP contribution in [0.5, 0.6) is 34.5 Å². The van der Waals surface area contributed by atoms with Crippen LogP contribution in [-0.4, -0.2) is 151 Å². The highest BCUT2D eigenvalue weighted by Gasteiger charge is 2.45. The van der Waals surface area contributed by atoms with Crippen LogP contribution in [0.4, 0.5) is 0 Å². The van der Waals surface area contributed by atoms with E-state index in [1.807, 2.05) is 21.9 Å². The molecule has 6 N–H and O–H groups in total. The third-order valence-corrected chi connectivity index (χ3v) is 18.1. The number of rotatable bonds is 21. The summed E-state index contributed by atoms with van der Waals surface area (Å²) >= 11 is 0. The molecule has 504 valence electrons. The van der Waals surface area contributed by atoms with Gasteiger partial charge >= 0.3 is 17.9 Å². The van der Waals surface area contributed by atoms with Gasteiger partial charge in [0, 0.05) is 119 Å². The summed E-state index contributed by atoms with van der Waals surface area (Å²) in [5.74, 6) is -11.7. The van der Waals surface area contributed by atoms with E-state index in [0.29, 0.717) is 50.4 Å². The quantitative estimate of drug-likeness (QED) is 0.0666. The molecule has 3 aromatic carbocycles. The van der Waals surface area contributed by atoms with Gasteiger partial charge in [-0.1, -0.05) is 82.9 Å². The molecule has 0 aliphatic carbocycles. The number of nitrogens with two attached hydrogens (primary N) is 3. The van der Waals surface area contributed by atoms with Crippen molar-refractivity contribution >= 4 is 17.9 Å². The fourth-order valence-electron chi connectivity index (χ4n) is 13.0. The molecule has 0 spiro atoms.